The van der Waals surface area contributed by atoms with Crippen LogP contribution in [0.25, 0.3) is 0 Å². The van der Waals surface area contributed by atoms with Gasteiger partial charge in [-0.25, -0.2) is 0 Å². The maximum Gasteiger partial charge on any atom is 0.0711 e. The first-order valence-corrected chi connectivity index (χ1v) is 7.43. The van der Waals surface area contributed by atoms with Crippen molar-refractivity contribution >= 4 is 0 Å². The van der Waals surface area contributed by atoms with Gasteiger partial charge in [-0.05, 0) is 56.3 Å². The lowest BCUT2D eigenvalue weighted by atomic mass is 9.59. The highest BCUT2D eigenvalue weighted by molar-refractivity contribution is 5.02. The van der Waals surface area contributed by atoms with Gasteiger partial charge in [-0.15, -0.1) is 0 Å². The Bertz CT molecular complexity index is 228. The van der Waals surface area contributed by atoms with Crippen LogP contribution in [0, 0.1) is 11.3 Å². The molecule has 2 saturated carbocycles. The molecule has 2 saturated heterocycles. The van der Waals surface area contributed by atoms with Crippen LogP contribution >= 0.6 is 0 Å². The van der Waals surface area contributed by atoms with E-state index in [1.165, 1.54) is 64.2 Å². The first-order chi connectivity index (χ1) is 7.79. The van der Waals surface area contributed by atoms with Gasteiger partial charge in [0.15, 0.2) is 0 Å². The van der Waals surface area contributed by atoms with Crippen molar-refractivity contribution in [2.75, 3.05) is 6.61 Å². The number of hydrogen-bond donors (Lipinski definition) is 0. The summed E-state index contributed by atoms with van der Waals surface area (Å²) in [4.78, 5) is 0. The molecule has 1 nitrogen and oxygen atoms in total. The van der Waals surface area contributed by atoms with Crippen LogP contribution in [-0.4, -0.2) is 12.2 Å². The van der Waals surface area contributed by atoms with Crippen molar-refractivity contribution in [1.82, 2.24) is 0 Å². The summed E-state index contributed by atoms with van der Waals surface area (Å²) in [5, 5.41) is 0. The maximum atomic E-state index is 6.40. The molecule has 0 aromatic heterocycles. The maximum absolute atomic E-state index is 6.40. The molecule has 2 aliphatic carbocycles. The topological polar surface area (TPSA) is 9.23 Å². The molecule has 2 bridgehead atoms. The molecule has 2 aliphatic heterocycles. The standard InChI is InChI=1S/C15H26O/c1-2-14-8-10-15(11-9-14,16-12-14)13-6-4-3-5-7-13/h13H,2-12H2,1H3. The summed E-state index contributed by atoms with van der Waals surface area (Å²) in [5.41, 5.74) is 0.910. The van der Waals surface area contributed by atoms with E-state index in [0.717, 1.165) is 12.5 Å². The predicted octanol–water partition coefficient (Wildman–Crippen LogP) is 4.31. The second-order valence-corrected chi connectivity index (χ2v) is 6.54. The van der Waals surface area contributed by atoms with Crippen molar-refractivity contribution in [3.63, 3.8) is 0 Å². The minimum absolute atomic E-state index is 0.331. The number of ether oxygens (including phenoxy) is 1. The van der Waals surface area contributed by atoms with Crippen molar-refractivity contribution in [1.29, 1.82) is 0 Å². The van der Waals surface area contributed by atoms with Crippen molar-refractivity contribution in [3.05, 3.63) is 0 Å². The van der Waals surface area contributed by atoms with Gasteiger partial charge in [0.1, 0.15) is 0 Å². The van der Waals surface area contributed by atoms with Gasteiger partial charge in [0, 0.05) is 0 Å². The largest absolute Gasteiger partial charge is 0.374 e. The van der Waals surface area contributed by atoms with Crippen LogP contribution in [0.5, 0.6) is 0 Å². The summed E-state index contributed by atoms with van der Waals surface area (Å²) >= 11 is 0. The molecule has 0 spiro atoms. The van der Waals surface area contributed by atoms with Crippen LogP contribution in [0.2, 0.25) is 0 Å². The summed E-state index contributed by atoms with van der Waals surface area (Å²) in [7, 11) is 0. The van der Waals surface area contributed by atoms with E-state index < -0.39 is 0 Å². The Hall–Kier alpha value is -0.0400. The average molecular weight is 222 g/mol. The average Bonchev–Trinajstić information content (AvgIpc) is 2.42. The molecule has 0 atom stereocenters. The van der Waals surface area contributed by atoms with Crippen LogP contribution in [0.3, 0.4) is 0 Å². The molecule has 16 heavy (non-hydrogen) atoms. The second kappa shape index (κ2) is 4.01. The monoisotopic (exact) mass is 222 g/mol. The minimum atomic E-state index is 0.331. The molecule has 4 fully saturated rings. The zero-order chi connectivity index (χ0) is 11.1. The van der Waals surface area contributed by atoms with Crippen LogP contribution in [0.4, 0.5) is 0 Å². The summed E-state index contributed by atoms with van der Waals surface area (Å²) < 4.78 is 6.40. The molecule has 0 aromatic rings. The zero-order valence-corrected chi connectivity index (χ0v) is 10.8. The van der Waals surface area contributed by atoms with Gasteiger partial charge in [-0.3, -0.25) is 0 Å². The molecule has 1 heteroatoms. The summed E-state index contributed by atoms with van der Waals surface area (Å²) in [6, 6.07) is 0. The van der Waals surface area contributed by atoms with Gasteiger partial charge in [0.2, 0.25) is 0 Å². The minimum Gasteiger partial charge on any atom is -0.374 e. The summed E-state index contributed by atoms with van der Waals surface area (Å²) in [6.45, 7) is 3.42. The Morgan fingerprint density at radius 1 is 1.00 bits per heavy atom. The summed E-state index contributed by atoms with van der Waals surface area (Å²) in [6.07, 6.45) is 14.2. The quantitative estimate of drug-likeness (QED) is 0.676. The van der Waals surface area contributed by atoms with Crippen LogP contribution in [0.15, 0.2) is 0 Å². The molecule has 92 valence electrons. The Morgan fingerprint density at radius 3 is 2.19 bits per heavy atom. The van der Waals surface area contributed by atoms with E-state index in [9.17, 15) is 0 Å². The second-order valence-electron chi connectivity index (χ2n) is 6.54. The molecule has 0 N–H and O–H groups in total. The Kier molecular flexibility index (Phi) is 2.78. The number of hydrogen-bond acceptors (Lipinski definition) is 1. The lowest BCUT2D eigenvalue weighted by Crippen LogP contribution is -2.55. The van der Waals surface area contributed by atoms with Gasteiger partial charge >= 0.3 is 0 Å². The molecule has 0 amide bonds. The van der Waals surface area contributed by atoms with E-state index in [1.807, 2.05) is 0 Å². The Labute approximate surface area is 99.9 Å². The van der Waals surface area contributed by atoms with Gasteiger partial charge in [0.05, 0.1) is 12.2 Å². The first-order valence-electron chi connectivity index (χ1n) is 7.43. The summed E-state index contributed by atoms with van der Waals surface area (Å²) in [5.74, 6) is 0.899. The van der Waals surface area contributed by atoms with E-state index in [1.54, 1.807) is 0 Å². The van der Waals surface area contributed by atoms with E-state index in [2.05, 4.69) is 6.92 Å². The van der Waals surface area contributed by atoms with Gasteiger partial charge < -0.3 is 4.74 Å². The van der Waals surface area contributed by atoms with Crippen molar-refractivity contribution < 1.29 is 4.74 Å². The fourth-order valence-electron chi connectivity index (χ4n) is 4.40. The molecule has 4 rings (SSSR count). The highest BCUT2D eigenvalue weighted by Crippen LogP contribution is 2.55. The molecule has 0 radical (unpaired) electrons. The molecule has 4 aliphatic rings. The highest BCUT2D eigenvalue weighted by Gasteiger charge is 2.52. The van der Waals surface area contributed by atoms with Gasteiger partial charge in [-0.1, -0.05) is 26.2 Å². The Balaban J connectivity index is 1.72. The fourth-order valence-corrected chi connectivity index (χ4v) is 4.40. The van der Waals surface area contributed by atoms with E-state index in [4.69, 9.17) is 4.74 Å². The van der Waals surface area contributed by atoms with E-state index in [-0.39, 0.29) is 0 Å². The lowest BCUT2D eigenvalue weighted by Gasteiger charge is -2.56. The smallest absolute Gasteiger partial charge is 0.0711 e. The number of rotatable bonds is 2. The first kappa shape index (κ1) is 11.1. The van der Waals surface area contributed by atoms with E-state index in [0.29, 0.717) is 11.0 Å². The predicted molar refractivity (Wildman–Crippen MR) is 66.5 cm³/mol. The molecule has 2 heterocycles. The van der Waals surface area contributed by atoms with Crippen molar-refractivity contribution in [2.45, 2.75) is 76.7 Å². The van der Waals surface area contributed by atoms with Crippen LogP contribution in [0.1, 0.15) is 71.1 Å². The number of fused-ring (bicyclic) bond motifs is 3. The Morgan fingerprint density at radius 2 is 1.69 bits per heavy atom. The third kappa shape index (κ3) is 1.63. The van der Waals surface area contributed by atoms with Crippen molar-refractivity contribution in [2.24, 2.45) is 11.3 Å². The third-order valence-corrected chi connectivity index (χ3v) is 5.92. The lowest BCUT2D eigenvalue weighted by molar-refractivity contribution is -0.213. The van der Waals surface area contributed by atoms with Gasteiger partial charge in [0.25, 0.3) is 0 Å². The SMILES string of the molecule is CCC12CCC(C3CCCCC3)(CC1)OC2. The van der Waals surface area contributed by atoms with E-state index >= 15 is 0 Å². The van der Waals surface area contributed by atoms with Crippen LogP contribution in [-0.2, 0) is 4.74 Å². The third-order valence-electron chi connectivity index (χ3n) is 5.92. The fraction of sp³-hybridized carbons (Fsp3) is 1.00. The normalized spacial score (nSPS) is 44.8. The molecular formula is C15H26O. The van der Waals surface area contributed by atoms with Gasteiger partial charge in [-0.2, -0.15) is 0 Å². The zero-order valence-electron chi connectivity index (χ0n) is 10.8. The van der Waals surface area contributed by atoms with Crippen LogP contribution < -0.4 is 0 Å². The molecule has 0 aromatic carbocycles. The van der Waals surface area contributed by atoms with Crippen molar-refractivity contribution in [3.8, 4) is 0 Å². The molecule has 0 unspecified atom stereocenters. The highest BCUT2D eigenvalue weighted by atomic mass is 16.5. The molecular weight excluding hydrogens is 196 g/mol.